The highest BCUT2D eigenvalue weighted by atomic mass is 32.2. The molecule has 8 heteroatoms. The highest BCUT2D eigenvalue weighted by Crippen LogP contribution is 2.31. The van der Waals surface area contributed by atoms with Gasteiger partial charge in [-0.1, -0.05) is 24.3 Å². The number of ether oxygens (including phenoxy) is 1. The Labute approximate surface area is 221 Å². The minimum absolute atomic E-state index is 0.0518. The molecule has 4 rings (SSSR count). The van der Waals surface area contributed by atoms with Crippen molar-refractivity contribution in [2.24, 2.45) is 0 Å². The number of carbonyl (C=O) groups excluding carboxylic acids is 1. The number of nitrogens with one attached hydrogen (secondary N) is 3. The summed E-state index contributed by atoms with van der Waals surface area (Å²) in [4.78, 5) is 13.7. The van der Waals surface area contributed by atoms with Crippen molar-refractivity contribution in [3.05, 3.63) is 72.3 Å². The van der Waals surface area contributed by atoms with Gasteiger partial charge in [-0.2, -0.15) is 4.37 Å². The number of fused-ring (bicyclic) bond motifs is 1. The van der Waals surface area contributed by atoms with Gasteiger partial charge in [-0.15, -0.1) is 0 Å². The third kappa shape index (κ3) is 7.00. The summed E-state index contributed by atoms with van der Waals surface area (Å²) in [6, 6.07) is 21.9. The van der Waals surface area contributed by atoms with Crippen LogP contribution in [0.1, 0.15) is 37.6 Å². The molecule has 6 nitrogen and oxygen atoms in total. The fourth-order valence-electron chi connectivity index (χ4n) is 3.52. The van der Waals surface area contributed by atoms with Crippen LogP contribution in [0.3, 0.4) is 0 Å². The summed E-state index contributed by atoms with van der Waals surface area (Å²) in [6.07, 6.45) is 0.804. The summed E-state index contributed by atoms with van der Waals surface area (Å²) in [5.41, 5.74) is 2.85. The lowest BCUT2D eigenvalue weighted by molar-refractivity contribution is 0.0953. The monoisotopic (exact) mass is 520 g/mol. The van der Waals surface area contributed by atoms with Crippen LogP contribution in [0.2, 0.25) is 0 Å². The summed E-state index contributed by atoms with van der Waals surface area (Å²) >= 11 is 3.14. The maximum atomic E-state index is 12.5. The Bertz CT molecular complexity index is 1300. The first-order valence-electron chi connectivity index (χ1n) is 11.9. The molecule has 0 spiro atoms. The molecular weight excluding hydrogens is 488 g/mol. The first-order chi connectivity index (χ1) is 17.3. The fraction of sp³-hybridized carbons (Fsp3) is 0.286. The Balaban J connectivity index is 1.22. The molecule has 0 fully saturated rings. The van der Waals surface area contributed by atoms with E-state index < -0.39 is 0 Å². The molecule has 0 aliphatic carbocycles. The number of hydrogen-bond acceptors (Lipinski definition) is 7. The summed E-state index contributed by atoms with van der Waals surface area (Å²) in [7, 11) is 1.65. The second kappa shape index (κ2) is 11.8. The van der Waals surface area contributed by atoms with Crippen molar-refractivity contribution in [3.8, 4) is 16.9 Å². The Morgan fingerprint density at radius 1 is 0.972 bits per heavy atom. The minimum Gasteiger partial charge on any atom is -0.497 e. The lowest BCUT2D eigenvalue weighted by Crippen LogP contribution is -2.29. The number of amides is 1. The molecule has 188 valence electrons. The lowest BCUT2D eigenvalue weighted by Gasteiger charge is -2.19. The molecule has 3 N–H and O–H groups in total. The number of carbonyl (C=O) groups is 1. The van der Waals surface area contributed by atoms with E-state index in [4.69, 9.17) is 4.74 Å². The number of methoxy groups -OCH3 is 1. The van der Waals surface area contributed by atoms with Gasteiger partial charge in [-0.25, -0.2) is 0 Å². The number of benzene rings is 3. The number of nitrogens with zero attached hydrogens (tertiary/aromatic N) is 1. The topological polar surface area (TPSA) is 75.3 Å². The van der Waals surface area contributed by atoms with Crippen molar-refractivity contribution >= 4 is 45.3 Å². The number of rotatable bonds is 10. The SMILES string of the molecule is COc1ccc(-c2ccc(C(=O)NCCCNc3nsc4cc(SNC(C)(C)C)ccc34)cc2)cc1. The molecule has 0 aliphatic rings. The molecule has 0 radical (unpaired) electrons. The maximum absolute atomic E-state index is 12.5. The minimum atomic E-state index is -0.0655. The largest absolute Gasteiger partial charge is 0.497 e. The molecule has 4 aromatic rings. The second-order valence-electron chi connectivity index (χ2n) is 9.49. The van der Waals surface area contributed by atoms with Crippen molar-refractivity contribution in [2.45, 2.75) is 37.6 Å². The van der Waals surface area contributed by atoms with Gasteiger partial charge in [0.2, 0.25) is 0 Å². The van der Waals surface area contributed by atoms with Crippen LogP contribution in [0, 0.1) is 0 Å². The third-order valence-electron chi connectivity index (χ3n) is 5.42. The Morgan fingerprint density at radius 3 is 2.33 bits per heavy atom. The van der Waals surface area contributed by atoms with E-state index in [1.807, 2.05) is 48.5 Å². The van der Waals surface area contributed by atoms with E-state index in [2.05, 4.69) is 58.7 Å². The zero-order chi connectivity index (χ0) is 25.5. The smallest absolute Gasteiger partial charge is 0.251 e. The van der Waals surface area contributed by atoms with Gasteiger partial charge < -0.3 is 15.4 Å². The molecule has 0 unspecified atom stereocenters. The highest BCUT2D eigenvalue weighted by Gasteiger charge is 2.11. The predicted molar refractivity (Wildman–Crippen MR) is 152 cm³/mol. The van der Waals surface area contributed by atoms with Crippen molar-refractivity contribution in [3.63, 3.8) is 0 Å². The summed E-state index contributed by atoms with van der Waals surface area (Å²) in [5.74, 6) is 1.66. The second-order valence-corrected chi connectivity index (χ2v) is 11.2. The zero-order valence-electron chi connectivity index (χ0n) is 21.1. The molecule has 3 aromatic carbocycles. The van der Waals surface area contributed by atoms with Gasteiger partial charge in [-0.05, 0) is 104 Å². The molecule has 1 aromatic heterocycles. The third-order valence-corrected chi connectivity index (χ3v) is 7.43. The van der Waals surface area contributed by atoms with Gasteiger partial charge in [0, 0.05) is 34.5 Å². The average Bonchev–Trinajstić information content (AvgIpc) is 3.29. The van der Waals surface area contributed by atoms with Crippen LogP contribution in [-0.2, 0) is 0 Å². The molecular formula is C28H32N4O2S2. The van der Waals surface area contributed by atoms with Crippen LogP contribution < -0.4 is 20.1 Å². The predicted octanol–water partition coefficient (Wildman–Crippen LogP) is 6.60. The zero-order valence-corrected chi connectivity index (χ0v) is 22.7. The van der Waals surface area contributed by atoms with Gasteiger partial charge in [0.15, 0.2) is 0 Å². The van der Waals surface area contributed by atoms with E-state index in [1.54, 1.807) is 19.1 Å². The first-order valence-corrected chi connectivity index (χ1v) is 13.5. The van der Waals surface area contributed by atoms with Crippen molar-refractivity contribution in [1.82, 2.24) is 14.4 Å². The molecule has 0 saturated carbocycles. The van der Waals surface area contributed by atoms with Crippen LogP contribution in [0.4, 0.5) is 5.82 Å². The molecule has 0 saturated heterocycles. The van der Waals surface area contributed by atoms with Gasteiger partial charge in [0.1, 0.15) is 11.6 Å². The maximum Gasteiger partial charge on any atom is 0.251 e. The summed E-state index contributed by atoms with van der Waals surface area (Å²) < 4.78 is 14.4. The normalized spacial score (nSPS) is 11.4. The number of hydrogen-bond donors (Lipinski definition) is 3. The van der Waals surface area contributed by atoms with E-state index in [0.717, 1.165) is 45.7 Å². The first kappa shape index (κ1) is 26.0. The van der Waals surface area contributed by atoms with Crippen molar-refractivity contribution in [1.29, 1.82) is 0 Å². The molecule has 1 amide bonds. The van der Waals surface area contributed by atoms with Gasteiger partial charge >= 0.3 is 0 Å². The molecule has 36 heavy (non-hydrogen) atoms. The van der Waals surface area contributed by atoms with Crippen LogP contribution in [0.15, 0.2) is 71.6 Å². The van der Waals surface area contributed by atoms with Gasteiger partial charge in [0.05, 0.1) is 11.8 Å². The van der Waals surface area contributed by atoms with Crippen molar-refractivity contribution in [2.75, 3.05) is 25.5 Å². The molecule has 0 atom stereocenters. The quantitative estimate of drug-likeness (QED) is 0.162. The van der Waals surface area contributed by atoms with E-state index >= 15 is 0 Å². The Hall–Kier alpha value is -3.07. The van der Waals surface area contributed by atoms with E-state index in [0.29, 0.717) is 12.1 Å². The van der Waals surface area contributed by atoms with Crippen LogP contribution >= 0.6 is 23.5 Å². The molecule has 1 heterocycles. The van der Waals surface area contributed by atoms with E-state index in [-0.39, 0.29) is 11.4 Å². The molecule has 0 aliphatic heterocycles. The standard InChI is InChI=1S/C28H32N4O2S2/c1-28(2,3)32-35-23-14-15-24-25(18-23)36-31-26(24)29-16-5-17-30-27(33)21-8-6-19(7-9-21)20-10-12-22(34-4)13-11-20/h6-15,18,32H,5,16-17H2,1-4H3,(H,29,31)(H,30,33). The van der Waals surface area contributed by atoms with Crippen molar-refractivity contribution < 1.29 is 9.53 Å². The molecule has 0 bridgehead atoms. The van der Waals surface area contributed by atoms with Crippen LogP contribution in [-0.4, -0.2) is 36.0 Å². The Kier molecular flexibility index (Phi) is 8.51. The van der Waals surface area contributed by atoms with E-state index in [1.165, 1.54) is 16.4 Å². The van der Waals surface area contributed by atoms with Gasteiger partial charge in [0.25, 0.3) is 5.91 Å². The number of aromatic nitrogens is 1. The fourth-order valence-corrected chi connectivity index (χ4v) is 5.12. The van der Waals surface area contributed by atoms with Gasteiger partial charge in [-0.3, -0.25) is 9.52 Å². The van der Waals surface area contributed by atoms with Crippen LogP contribution in [0.25, 0.3) is 21.2 Å². The summed E-state index contributed by atoms with van der Waals surface area (Å²) in [6.45, 7) is 7.77. The highest BCUT2D eigenvalue weighted by molar-refractivity contribution is 7.97. The number of anilines is 1. The average molecular weight is 521 g/mol. The van der Waals surface area contributed by atoms with E-state index in [9.17, 15) is 4.79 Å². The lowest BCUT2D eigenvalue weighted by atomic mass is 10.0. The Morgan fingerprint density at radius 2 is 1.67 bits per heavy atom. The van der Waals surface area contributed by atoms with Crippen LogP contribution in [0.5, 0.6) is 5.75 Å². The summed E-state index contributed by atoms with van der Waals surface area (Å²) in [5, 5.41) is 7.53.